The Labute approximate surface area is 152 Å². The molecule has 3 rings (SSSR count). The van der Waals surface area contributed by atoms with Gasteiger partial charge in [0.2, 0.25) is 11.8 Å². The predicted molar refractivity (Wildman–Crippen MR) is 95.4 cm³/mol. The molecule has 0 atom stereocenters. The van der Waals surface area contributed by atoms with E-state index in [1.807, 2.05) is 30.3 Å². The maximum absolute atomic E-state index is 12.2. The van der Waals surface area contributed by atoms with E-state index in [9.17, 15) is 9.59 Å². The predicted octanol–water partition coefficient (Wildman–Crippen LogP) is 2.62. The minimum atomic E-state index is -0.284. The molecule has 7 heteroatoms. The molecule has 1 fully saturated rings. The highest BCUT2D eigenvalue weighted by Crippen LogP contribution is 2.18. The van der Waals surface area contributed by atoms with Crippen LogP contribution in [0.15, 0.2) is 41.0 Å². The SMILES string of the molecule is CCOC(=O)N1CCC(NC(=O)Cc2coc(-c3ccccc3)n2)CC1. The molecule has 1 aliphatic heterocycles. The summed E-state index contributed by atoms with van der Waals surface area (Å²) < 4.78 is 10.5. The first kappa shape index (κ1) is 18.0. The number of nitrogens with zero attached hydrogens (tertiary/aromatic N) is 2. The van der Waals surface area contributed by atoms with E-state index in [-0.39, 0.29) is 24.5 Å². The van der Waals surface area contributed by atoms with Crippen molar-refractivity contribution in [3.63, 3.8) is 0 Å². The average Bonchev–Trinajstić information content (AvgIpc) is 3.11. The van der Waals surface area contributed by atoms with Gasteiger partial charge in [0, 0.05) is 24.7 Å². The number of likely N-dealkylation sites (tertiary alicyclic amines) is 1. The normalized spacial score (nSPS) is 14.9. The van der Waals surface area contributed by atoms with E-state index in [1.54, 1.807) is 11.8 Å². The first-order chi connectivity index (χ1) is 12.7. The Kier molecular flexibility index (Phi) is 5.88. The zero-order valence-electron chi connectivity index (χ0n) is 14.8. The number of amides is 2. The molecular weight excluding hydrogens is 334 g/mol. The van der Waals surface area contributed by atoms with Crippen LogP contribution in [0, 0.1) is 0 Å². The van der Waals surface area contributed by atoms with Crippen LogP contribution < -0.4 is 5.32 Å². The van der Waals surface area contributed by atoms with E-state index in [2.05, 4.69) is 10.3 Å². The first-order valence-corrected chi connectivity index (χ1v) is 8.86. The Morgan fingerprint density at radius 2 is 2.00 bits per heavy atom. The molecule has 138 valence electrons. The van der Waals surface area contributed by atoms with Gasteiger partial charge in [0.15, 0.2) is 0 Å². The molecule has 0 radical (unpaired) electrons. The number of oxazole rings is 1. The van der Waals surface area contributed by atoms with Gasteiger partial charge in [0.25, 0.3) is 0 Å². The Balaban J connectivity index is 1.47. The highest BCUT2D eigenvalue weighted by molar-refractivity contribution is 5.78. The number of carbonyl (C=O) groups is 2. The molecule has 7 nitrogen and oxygen atoms in total. The molecule has 2 amide bonds. The fourth-order valence-electron chi connectivity index (χ4n) is 2.97. The number of aromatic nitrogens is 1. The Morgan fingerprint density at radius 1 is 1.27 bits per heavy atom. The number of ether oxygens (including phenoxy) is 1. The van der Waals surface area contributed by atoms with E-state index in [1.165, 1.54) is 6.26 Å². The Hall–Kier alpha value is -2.83. The van der Waals surface area contributed by atoms with Crippen molar-refractivity contribution in [3.05, 3.63) is 42.3 Å². The van der Waals surface area contributed by atoms with Crippen molar-refractivity contribution in [1.82, 2.24) is 15.2 Å². The number of carbonyl (C=O) groups excluding carboxylic acids is 2. The van der Waals surface area contributed by atoms with E-state index in [0.717, 1.165) is 18.4 Å². The fraction of sp³-hybridized carbons (Fsp3) is 0.421. The van der Waals surface area contributed by atoms with Gasteiger partial charge in [0.1, 0.15) is 6.26 Å². The lowest BCUT2D eigenvalue weighted by Crippen LogP contribution is -2.47. The van der Waals surface area contributed by atoms with E-state index in [0.29, 0.717) is 31.3 Å². The van der Waals surface area contributed by atoms with Gasteiger partial charge in [-0.3, -0.25) is 4.79 Å². The lowest BCUT2D eigenvalue weighted by atomic mass is 10.1. The van der Waals surface area contributed by atoms with E-state index < -0.39 is 0 Å². The summed E-state index contributed by atoms with van der Waals surface area (Å²) in [5.41, 5.74) is 1.48. The van der Waals surface area contributed by atoms with Gasteiger partial charge in [-0.05, 0) is 31.9 Å². The number of piperidine rings is 1. The van der Waals surface area contributed by atoms with Gasteiger partial charge in [-0.2, -0.15) is 0 Å². The van der Waals surface area contributed by atoms with Crippen LogP contribution >= 0.6 is 0 Å². The Morgan fingerprint density at radius 3 is 2.69 bits per heavy atom. The van der Waals surface area contributed by atoms with E-state index >= 15 is 0 Å². The minimum absolute atomic E-state index is 0.0636. The minimum Gasteiger partial charge on any atom is -0.450 e. The molecular formula is C19H23N3O4. The van der Waals surface area contributed by atoms with Crippen LogP contribution in [0.5, 0.6) is 0 Å². The second-order valence-electron chi connectivity index (χ2n) is 6.21. The van der Waals surface area contributed by atoms with Crippen LogP contribution in [0.2, 0.25) is 0 Å². The summed E-state index contributed by atoms with van der Waals surface area (Å²) in [5.74, 6) is 0.420. The quantitative estimate of drug-likeness (QED) is 0.889. The van der Waals surface area contributed by atoms with E-state index in [4.69, 9.17) is 9.15 Å². The summed E-state index contributed by atoms with van der Waals surface area (Å²) >= 11 is 0. The van der Waals surface area contributed by atoms with Crippen LogP contribution in [0.25, 0.3) is 11.5 Å². The third-order valence-electron chi connectivity index (χ3n) is 4.30. The van der Waals surface area contributed by atoms with Gasteiger partial charge in [-0.25, -0.2) is 9.78 Å². The zero-order valence-corrected chi connectivity index (χ0v) is 14.8. The summed E-state index contributed by atoms with van der Waals surface area (Å²) in [6.07, 6.45) is 2.85. The zero-order chi connectivity index (χ0) is 18.4. The summed E-state index contributed by atoms with van der Waals surface area (Å²) in [6.45, 7) is 3.34. The molecule has 1 aliphatic rings. The molecule has 0 bridgehead atoms. The number of nitrogens with one attached hydrogen (secondary N) is 1. The van der Waals surface area contributed by atoms with Gasteiger partial charge < -0.3 is 19.4 Å². The van der Waals surface area contributed by atoms with Gasteiger partial charge in [-0.15, -0.1) is 0 Å². The third kappa shape index (κ3) is 4.62. The highest BCUT2D eigenvalue weighted by Gasteiger charge is 2.24. The number of rotatable bonds is 5. The summed E-state index contributed by atoms with van der Waals surface area (Å²) in [7, 11) is 0. The molecule has 26 heavy (non-hydrogen) atoms. The maximum atomic E-state index is 12.2. The monoisotopic (exact) mass is 357 g/mol. The van der Waals surface area contributed by atoms with Crippen molar-refractivity contribution in [2.75, 3.05) is 19.7 Å². The number of hydrogen-bond donors (Lipinski definition) is 1. The molecule has 1 aromatic heterocycles. The molecule has 0 saturated carbocycles. The van der Waals surface area contributed by atoms with Crippen LogP contribution in [0.1, 0.15) is 25.5 Å². The van der Waals surface area contributed by atoms with Gasteiger partial charge in [0.05, 0.1) is 18.7 Å². The average molecular weight is 357 g/mol. The maximum Gasteiger partial charge on any atom is 0.409 e. The standard InChI is InChI=1S/C19H23N3O4/c1-2-25-19(24)22-10-8-15(9-11-22)20-17(23)12-16-13-26-18(21-16)14-6-4-3-5-7-14/h3-7,13,15H,2,8-12H2,1H3,(H,20,23). The largest absolute Gasteiger partial charge is 0.450 e. The fourth-order valence-corrected chi connectivity index (χ4v) is 2.97. The second kappa shape index (κ2) is 8.51. The van der Waals surface area contributed by atoms with Crippen LogP contribution in [0.4, 0.5) is 4.79 Å². The first-order valence-electron chi connectivity index (χ1n) is 8.86. The smallest absolute Gasteiger partial charge is 0.409 e. The second-order valence-corrected chi connectivity index (χ2v) is 6.21. The van der Waals surface area contributed by atoms with Crippen molar-refractivity contribution in [1.29, 1.82) is 0 Å². The van der Waals surface area contributed by atoms with Crippen molar-refractivity contribution in [2.24, 2.45) is 0 Å². The number of hydrogen-bond acceptors (Lipinski definition) is 5. The van der Waals surface area contributed by atoms with Crippen molar-refractivity contribution >= 4 is 12.0 Å². The molecule has 0 aliphatic carbocycles. The third-order valence-corrected chi connectivity index (χ3v) is 4.30. The van der Waals surface area contributed by atoms with Gasteiger partial charge >= 0.3 is 6.09 Å². The van der Waals surface area contributed by atoms with Crippen molar-refractivity contribution in [3.8, 4) is 11.5 Å². The Bertz CT molecular complexity index is 736. The summed E-state index contributed by atoms with van der Waals surface area (Å²) in [5, 5.41) is 3.01. The van der Waals surface area contributed by atoms with Crippen molar-refractivity contribution < 1.29 is 18.7 Å². The molecule has 0 spiro atoms. The van der Waals surface area contributed by atoms with Crippen molar-refractivity contribution in [2.45, 2.75) is 32.2 Å². The highest BCUT2D eigenvalue weighted by atomic mass is 16.6. The van der Waals surface area contributed by atoms with Gasteiger partial charge in [-0.1, -0.05) is 18.2 Å². The molecule has 1 aromatic carbocycles. The molecule has 1 saturated heterocycles. The number of benzene rings is 1. The molecule has 1 N–H and O–H groups in total. The van der Waals surface area contributed by atoms with Crippen LogP contribution in [-0.2, 0) is 16.0 Å². The summed E-state index contributed by atoms with van der Waals surface area (Å²) in [6, 6.07) is 9.63. The van der Waals surface area contributed by atoms with Crippen LogP contribution in [0.3, 0.4) is 0 Å². The molecule has 2 aromatic rings. The topological polar surface area (TPSA) is 84.7 Å². The lowest BCUT2D eigenvalue weighted by Gasteiger charge is -2.31. The van der Waals surface area contributed by atoms with Crippen LogP contribution in [-0.4, -0.2) is 47.6 Å². The molecule has 2 heterocycles. The molecule has 0 unspecified atom stereocenters. The summed E-state index contributed by atoms with van der Waals surface area (Å²) in [4.78, 5) is 30.0. The lowest BCUT2D eigenvalue weighted by molar-refractivity contribution is -0.121.